The molecule has 0 fully saturated rings. The number of anilines is 2. The van der Waals surface area contributed by atoms with Crippen LogP contribution in [0.25, 0.3) is 0 Å². The average molecular weight is 356 g/mol. The highest BCUT2D eigenvalue weighted by Gasteiger charge is 2.16. The molecule has 1 aliphatic heterocycles. The van der Waals surface area contributed by atoms with Gasteiger partial charge in [-0.25, -0.2) is 0 Å². The zero-order chi connectivity index (χ0) is 18.5. The number of ether oxygens (including phenoxy) is 3. The van der Waals surface area contributed by atoms with Crippen LogP contribution < -0.4 is 24.8 Å². The van der Waals surface area contributed by atoms with Gasteiger partial charge in [0.25, 0.3) is 5.91 Å². The van der Waals surface area contributed by atoms with Gasteiger partial charge < -0.3 is 24.8 Å². The molecule has 1 heterocycles. The minimum Gasteiger partial charge on any atom is -0.493 e. The number of hydrogen-bond acceptors (Lipinski definition) is 5. The zero-order valence-electron chi connectivity index (χ0n) is 14.6. The van der Waals surface area contributed by atoms with Gasteiger partial charge in [-0.1, -0.05) is 6.07 Å². The molecule has 0 spiro atoms. The minimum absolute atomic E-state index is 0.00400. The van der Waals surface area contributed by atoms with Crippen LogP contribution in [-0.2, 0) is 16.0 Å². The van der Waals surface area contributed by atoms with Crippen LogP contribution in [0.1, 0.15) is 12.0 Å². The Morgan fingerprint density at radius 1 is 1.15 bits per heavy atom. The van der Waals surface area contributed by atoms with Crippen molar-refractivity contribution < 1.29 is 23.8 Å². The predicted octanol–water partition coefficient (Wildman–Crippen LogP) is 2.61. The Kier molecular flexibility index (Phi) is 5.26. The quantitative estimate of drug-likeness (QED) is 0.831. The fraction of sp³-hybridized carbons (Fsp3) is 0.263. The second-order valence-corrected chi connectivity index (χ2v) is 5.79. The Morgan fingerprint density at radius 2 is 1.96 bits per heavy atom. The molecule has 0 atom stereocenters. The highest BCUT2D eigenvalue weighted by atomic mass is 16.5. The third-order valence-corrected chi connectivity index (χ3v) is 3.98. The Bertz CT molecular complexity index is 835. The number of rotatable bonds is 6. The van der Waals surface area contributed by atoms with E-state index in [1.165, 1.54) is 0 Å². The lowest BCUT2D eigenvalue weighted by Gasteiger charge is -2.18. The molecular weight excluding hydrogens is 336 g/mol. The second-order valence-electron chi connectivity index (χ2n) is 5.79. The van der Waals surface area contributed by atoms with Crippen LogP contribution in [0.15, 0.2) is 36.4 Å². The number of carbonyl (C=O) groups excluding carboxylic acids is 2. The molecule has 3 rings (SSSR count). The lowest BCUT2D eigenvalue weighted by Crippen LogP contribution is -2.25. The molecule has 7 nitrogen and oxygen atoms in total. The van der Waals surface area contributed by atoms with E-state index in [0.29, 0.717) is 41.5 Å². The maximum absolute atomic E-state index is 12.2. The summed E-state index contributed by atoms with van der Waals surface area (Å²) in [6, 6.07) is 10.7. The summed E-state index contributed by atoms with van der Waals surface area (Å²) in [5.74, 6) is 1.54. The van der Waals surface area contributed by atoms with Gasteiger partial charge in [0.1, 0.15) is 5.75 Å². The van der Waals surface area contributed by atoms with E-state index in [0.717, 1.165) is 5.56 Å². The molecule has 7 heteroatoms. The van der Waals surface area contributed by atoms with Crippen molar-refractivity contribution in [1.82, 2.24) is 0 Å². The number of amides is 2. The van der Waals surface area contributed by atoms with Crippen molar-refractivity contribution in [1.29, 1.82) is 0 Å². The molecule has 0 aromatic heterocycles. The fourth-order valence-electron chi connectivity index (χ4n) is 2.68. The van der Waals surface area contributed by atoms with Crippen LogP contribution in [0.4, 0.5) is 11.4 Å². The molecule has 0 saturated carbocycles. The van der Waals surface area contributed by atoms with Crippen molar-refractivity contribution >= 4 is 23.2 Å². The lowest BCUT2D eigenvalue weighted by molar-refractivity contribution is -0.118. The molecular formula is C19H20N2O5. The summed E-state index contributed by atoms with van der Waals surface area (Å²) in [5.41, 5.74) is 2.13. The Balaban J connectivity index is 1.59. The van der Waals surface area contributed by atoms with E-state index >= 15 is 0 Å². The summed E-state index contributed by atoms with van der Waals surface area (Å²) in [6.45, 7) is 0.00400. The van der Waals surface area contributed by atoms with Crippen molar-refractivity contribution in [3.63, 3.8) is 0 Å². The highest BCUT2D eigenvalue weighted by molar-refractivity contribution is 5.97. The number of aryl methyl sites for hydroxylation is 1. The number of hydrogen-bond donors (Lipinski definition) is 2. The molecule has 2 N–H and O–H groups in total. The molecule has 0 radical (unpaired) electrons. The summed E-state index contributed by atoms with van der Waals surface area (Å²) in [6.07, 6.45) is 0.881. The third kappa shape index (κ3) is 4.05. The predicted molar refractivity (Wildman–Crippen MR) is 97.1 cm³/mol. The SMILES string of the molecule is COc1ccc(CCC(=O)Nc2ccc3c(c2)NC(=O)CO3)cc1OC. The van der Waals surface area contributed by atoms with E-state index in [4.69, 9.17) is 14.2 Å². The van der Waals surface area contributed by atoms with E-state index in [9.17, 15) is 9.59 Å². The van der Waals surface area contributed by atoms with Crippen molar-refractivity contribution in [2.75, 3.05) is 31.5 Å². The molecule has 2 aromatic rings. The Labute approximate surface area is 151 Å². The van der Waals surface area contributed by atoms with Gasteiger partial charge in [0.05, 0.1) is 19.9 Å². The highest BCUT2D eigenvalue weighted by Crippen LogP contribution is 2.31. The molecule has 0 unspecified atom stereocenters. The number of methoxy groups -OCH3 is 2. The van der Waals surface area contributed by atoms with Crippen LogP contribution in [0, 0.1) is 0 Å². The Morgan fingerprint density at radius 3 is 2.73 bits per heavy atom. The third-order valence-electron chi connectivity index (χ3n) is 3.98. The smallest absolute Gasteiger partial charge is 0.262 e. The van der Waals surface area contributed by atoms with Gasteiger partial charge in [-0.05, 0) is 42.3 Å². The molecule has 136 valence electrons. The van der Waals surface area contributed by atoms with Gasteiger partial charge in [0.15, 0.2) is 18.1 Å². The first-order chi connectivity index (χ1) is 12.6. The minimum atomic E-state index is -0.213. The number of carbonyl (C=O) groups is 2. The van der Waals surface area contributed by atoms with Crippen molar-refractivity contribution in [2.24, 2.45) is 0 Å². The molecule has 0 aliphatic carbocycles. The molecule has 0 saturated heterocycles. The Hall–Kier alpha value is -3.22. The van der Waals surface area contributed by atoms with Crippen LogP contribution in [0.3, 0.4) is 0 Å². The standard InChI is InChI=1S/C19H20N2O5/c1-24-16-6-3-12(9-17(16)25-2)4-8-18(22)20-13-5-7-15-14(10-13)21-19(23)11-26-15/h3,5-7,9-10H,4,8,11H2,1-2H3,(H,20,22)(H,21,23). The zero-order valence-corrected chi connectivity index (χ0v) is 14.6. The summed E-state index contributed by atoms with van der Waals surface area (Å²) >= 11 is 0. The number of benzene rings is 2. The van der Waals surface area contributed by atoms with E-state index in [2.05, 4.69) is 10.6 Å². The van der Waals surface area contributed by atoms with Crippen molar-refractivity contribution in [2.45, 2.75) is 12.8 Å². The number of fused-ring (bicyclic) bond motifs is 1. The van der Waals surface area contributed by atoms with Crippen molar-refractivity contribution in [3.8, 4) is 17.2 Å². The summed E-state index contributed by atoms with van der Waals surface area (Å²) in [7, 11) is 3.16. The first-order valence-corrected chi connectivity index (χ1v) is 8.16. The largest absolute Gasteiger partial charge is 0.493 e. The normalized spacial score (nSPS) is 12.5. The van der Waals surface area contributed by atoms with Crippen LogP contribution in [0.5, 0.6) is 17.2 Å². The van der Waals surface area contributed by atoms with Gasteiger partial charge in [-0.3, -0.25) is 9.59 Å². The van der Waals surface area contributed by atoms with Gasteiger partial charge in [0.2, 0.25) is 5.91 Å². The maximum atomic E-state index is 12.2. The van der Waals surface area contributed by atoms with Gasteiger partial charge in [-0.15, -0.1) is 0 Å². The van der Waals surface area contributed by atoms with Crippen LogP contribution in [0.2, 0.25) is 0 Å². The molecule has 26 heavy (non-hydrogen) atoms. The summed E-state index contributed by atoms with van der Waals surface area (Å²) in [4.78, 5) is 23.6. The van der Waals surface area contributed by atoms with E-state index in [1.807, 2.05) is 18.2 Å². The first-order valence-electron chi connectivity index (χ1n) is 8.16. The molecule has 0 bridgehead atoms. The van der Waals surface area contributed by atoms with E-state index in [-0.39, 0.29) is 18.4 Å². The monoisotopic (exact) mass is 356 g/mol. The van der Waals surface area contributed by atoms with Gasteiger partial charge in [0, 0.05) is 12.1 Å². The fourth-order valence-corrected chi connectivity index (χ4v) is 2.68. The number of nitrogens with one attached hydrogen (secondary N) is 2. The van der Waals surface area contributed by atoms with Gasteiger partial charge in [-0.2, -0.15) is 0 Å². The average Bonchev–Trinajstić information content (AvgIpc) is 2.65. The maximum Gasteiger partial charge on any atom is 0.262 e. The summed E-state index contributed by atoms with van der Waals surface area (Å²) in [5, 5.41) is 5.54. The molecule has 1 aliphatic rings. The van der Waals surface area contributed by atoms with Gasteiger partial charge >= 0.3 is 0 Å². The first kappa shape index (κ1) is 17.6. The lowest BCUT2D eigenvalue weighted by atomic mass is 10.1. The topological polar surface area (TPSA) is 85.9 Å². The van der Waals surface area contributed by atoms with E-state index < -0.39 is 0 Å². The summed E-state index contributed by atoms with van der Waals surface area (Å²) < 4.78 is 15.8. The molecule has 2 aromatic carbocycles. The van der Waals surface area contributed by atoms with Crippen LogP contribution >= 0.6 is 0 Å². The van der Waals surface area contributed by atoms with E-state index in [1.54, 1.807) is 32.4 Å². The molecule has 2 amide bonds. The van der Waals surface area contributed by atoms with Crippen LogP contribution in [-0.4, -0.2) is 32.6 Å². The second kappa shape index (κ2) is 7.77. The van der Waals surface area contributed by atoms with Crippen molar-refractivity contribution in [3.05, 3.63) is 42.0 Å².